The molecule has 1 aliphatic rings. The Morgan fingerprint density at radius 2 is 2.12 bits per heavy atom. The molecule has 1 aliphatic heterocycles. The molecule has 1 atom stereocenters. The van der Waals surface area contributed by atoms with Crippen LogP contribution in [0.25, 0.3) is 0 Å². The molecule has 26 heavy (non-hydrogen) atoms. The van der Waals surface area contributed by atoms with E-state index in [1.807, 2.05) is 43.5 Å². The minimum atomic E-state index is -0.134. The highest BCUT2D eigenvalue weighted by Gasteiger charge is 2.33. The molecule has 0 saturated heterocycles. The number of hydrogen-bond acceptors (Lipinski definition) is 4. The maximum absolute atomic E-state index is 12.8. The van der Waals surface area contributed by atoms with E-state index < -0.39 is 0 Å². The van der Waals surface area contributed by atoms with E-state index in [1.54, 1.807) is 11.3 Å². The van der Waals surface area contributed by atoms with Gasteiger partial charge in [-0.2, -0.15) is 11.3 Å². The summed E-state index contributed by atoms with van der Waals surface area (Å²) in [4.78, 5) is 25.6. The summed E-state index contributed by atoms with van der Waals surface area (Å²) in [5, 5.41) is 10.8. The molecule has 0 saturated carbocycles. The first-order valence-electron chi connectivity index (χ1n) is 8.36. The number of thiophene rings is 2. The summed E-state index contributed by atoms with van der Waals surface area (Å²) >= 11 is 2.98. The highest BCUT2D eigenvalue weighted by Crippen LogP contribution is 2.45. The van der Waals surface area contributed by atoms with Gasteiger partial charge in [-0.15, -0.1) is 11.3 Å². The lowest BCUT2D eigenvalue weighted by Crippen LogP contribution is -2.22. The van der Waals surface area contributed by atoms with Gasteiger partial charge in [0, 0.05) is 18.0 Å². The molecule has 3 heterocycles. The van der Waals surface area contributed by atoms with Gasteiger partial charge < -0.3 is 10.6 Å². The Morgan fingerprint density at radius 1 is 1.27 bits per heavy atom. The quantitative estimate of drug-likeness (QED) is 0.658. The second-order valence-corrected chi connectivity index (χ2v) is 8.28. The Balaban J connectivity index is 1.70. The van der Waals surface area contributed by atoms with Crippen LogP contribution in [0.2, 0.25) is 0 Å². The summed E-state index contributed by atoms with van der Waals surface area (Å²) in [6.45, 7) is 3.96. The van der Waals surface area contributed by atoms with E-state index in [1.165, 1.54) is 11.3 Å². The highest BCUT2D eigenvalue weighted by molar-refractivity contribution is 7.18. The lowest BCUT2D eigenvalue weighted by atomic mass is 9.86. The predicted octanol–water partition coefficient (Wildman–Crippen LogP) is 5.15. The van der Waals surface area contributed by atoms with Gasteiger partial charge >= 0.3 is 0 Å². The van der Waals surface area contributed by atoms with E-state index >= 15 is 0 Å². The number of nitrogens with one attached hydrogen (secondary N) is 2. The van der Waals surface area contributed by atoms with Gasteiger partial charge in [-0.25, -0.2) is 0 Å². The number of carbonyl (C=O) groups excluding carboxylic acids is 2. The van der Waals surface area contributed by atoms with Crippen LogP contribution >= 0.6 is 22.7 Å². The fourth-order valence-corrected chi connectivity index (χ4v) is 5.28. The standard InChI is InChI=1S/C20H18N2O2S2/c1-11-4-3-5-14(8-11)21-19(24)18-12(2)17-15(13-6-7-25-10-13)9-16(23)22-20(17)26-18/h3-8,10,15H,9H2,1-2H3,(H,21,24)(H,22,23)/t15-/m1/s1. The molecule has 0 radical (unpaired) electrons. The summed E-state index contributed by atoms with van der Waals surface area (Å²) in [7, 11) is 0. The van der Waals surface area contributed by atoms with Gasteiger partial charge in [-0.1, -0.05) is 12.1 Å². The smallest absolute Gasteiger partial charge is 0.266 e. The van der Waals surface area contributed by atoms with Crippen molar-refractivity contribution in [1.82, 2.24) is 0 Å². The van der Waals surface area contributed by atoms with E-state index in [0.717, 1.165) is 32.9 Å². The summed E-state index contributed by atoms with van der Waals surface area (Å²) in [5.74, 6) is -0.117. The topological polar surface area (TPSA) is 58.2 Å². The second-order valence-electron chi connectivity index (χ2n) is 6.48. The van der Waals surface area contributed by atoms with Crippen LogP contribution in [0.4, 0.5) is 10.7 Å². The molecular weight excluding hydrogens is 364 g/mol. The van der Waals surface area contributed by atoms with Crippen molar-refractivity contribution in [3.05, 3.63) is 68.2 Å². The Kier molecular flexibility index (Phi) is 4.38. The van der Waals surface area contributed by atoms with E-state index in [-0.39, 0.29) is 17.7 Å². The molecule has 0 bridgehead atoms. The Labute approximate surface area is 159 Å². The first kappa shape index (κ1) is 17.0. The van der Waals surface area contributed by atoms with E-state index in [9.17, 15) is 9.59 Å². The van der Waals surface area contributed by atoms with Crippen molar-refractivity contribution < 1.29 is 9.59 Å². The number of aryl methyl sites for hydroxylation is 1. The maximum Gasteiger partial charge on any atom is 0.266 e. The van der Waals surface area contributed by atoms with E-state index in [2.05, 4.69) is 22.1 Å². The van der Waals surface area contributed by atoms with Crippen LogP contribution in [-0.2, 0) is 4.79 Å². The second kappa shape index (κ2) is 6.70. The molecule has 1 aromatic carbocycles. The minimum Gasteiger partial charge on any atom is -0.321 e. The molecule has 6 heteroatoms. The maximum atomic E-state index is 12.8. The Bertz CT molecular complexity index is 989. The summed E-state index contributed by atoms with van der Waals surface area (Å²) < 4.78 is 0. The molecule has 132 valence electrons. The number of hydrogen-bond donors (Lipinski definition) is 2. The zero-order valence-corrected chi connectivity index (χ0v) is 16.1. The average Bonchev–Trinajstić information content (AvgIpc) is 3.23. The van der Waals surface area contributed by atoms with Gasteiger partial charge in [-0.05, 0) is 65.1 Å². The number of anilines is 2. The SMILES string of the molecule is Cc1cccc(NC(=O)c2sc3c(c2C)[C@@H](c2ccsc2)CC(=O)N3)c1. The molecule has 2 aromatic heterocycles. The van der Waals surface area contributed by atoms with Crippen LogP contribution < -0.4 is 10.6 Å². The molecule has 0 aliphatic carbocycles. The zero-order valence-electron chi connectivity index (χ0n) is 14.5. The van der Waals surface area contributed by atoms with Crippen LogP contribution in [0.5, 0.6) is 0 Å². The van der Waals surface area contributed by atoms with Crippen molar-refractivity contribution in [3.63, 3.8) is 0 Å². The van der Waals surface area contributed by atoms with Gasteiger partial charge in [-0.3, -0.25) is 9.59 Å². The largest absolute Gasteiger partial charge is 0.321 e. The van der Waals surface area contributed by atoms with Gasteiger partial charge in [0.05, 0.1) is 9.88 Å². The first-order valence-corrected chi connectivity index (χ1v) is 10.1. The summed E-state index contributed by atoms with van der Waals surface area (Å²) in [5.41, 5.74) is 5.03. The predicted molar refractivity (Wildman–Crippen MR) is 108 cm³/mol. The van der Waals surface area contributed by atoms with Crippen molar-refractivity contribution in [2.75, 3.05) is 10.6 Å². The zero-order chi connectivity index (χ0) is 18.3. The third kappa shape index (κ3) is 3.06. The summed E-state index contributed by atoms with van der Waals surface area (Å²) in [6, 6.07) is 9.79. The number of benzene rings is 1. The van der Waals surface area contributed by atoms with E-state index in [0.29, 0.717) is 11.3 Å². The molecule has 0 fully saturated rings. The average molecular weight is 383 g/mol. The molecular formula is C20H18N2O2S2. The monoisotopic (exact) mass is 382 g/mol. The first-order chi connectivity index (χ1) is 12.5. The van der Waals surface area contributed by atoms with Crippen LogP contribution in [0.1, 0.15) is 44.3 Å². The number of fused-ring (bicyclic) bond motifs is 1. The number of carbonyl (C=O) groups is 2. The van der Waals surface area contributed by atoms with Crippen molar-refractivity contribution in [2.45, 2.75) is 26.2 Å². The van der Waals surface area contributed by atoms with Crippen LogP contribution in [0.3, 0.4) is 0 Å². The van der Waals surface area contributed by atoms with Crippen molar-refractivity contribution in [2.24, 2.45) is 0 Å². The number of rotatable bonds is 3. The third-order valence-corrected chi connectivity index (χ3v) is 6.54. The molecule has 2 N–H and O–H groups in total. The molecule has 0 unspecified atom stereocenters. The van der Waals surface area contributed by atoms with Gasteiger partial charge in [0.25, 0.3) is 5.91 Å². The van der Waals surface area contributed by atoms with Gasteiger partial charge in [0.1, 0.15) is 0 Å². The lowest BCUT2D eigenvalue weighted by molar-refractivity contribution is -0.116. The van der Waals surface area contributed by atoms with Crippen molar-refractivity contribution in [3.8, 4) is 0 Å². The summed E-state index contributed by atoms with van der Waals surface area (Å²) in [6.07, 6.45) is 0.417. The molecule has 0 spiro atoms. The number of amides is 2. The van der Waals surface area contributed by atoms with Crippen LogP contribution in [0, 0.1) is 13.8 Å². The molecule has 4 nitrogen and oxygen atoms in total. The minimum absolute atomic E-state index is 0.000548. The third-order valence-electron chi connectivity index (χ3n) is 4.61. The van der Waals surface area contributed by atoms with Crippen molar-refractivity contribution in [1.29, 1.82) is 0 Å². The molecule has 4 rings (SSSR count). The lowest BCUT2D eigenvalue weighted by Gasteiger charge is -2.23. The van der Waals surface area contributed by atoms with Gasteiger partial charge in [0.15, 0.2) is 0 Å². The molecule has 2 amide bonds. The van der Waals surface area contributed by atoms with Crippen molar-refractivity contribution >= 4 is 45.2 Å². The Hall–Kier alpha value is -2.44. The van der Waals surface area contributed by atoms with E-state index in [4.69, 9.17) is 0 Å². The molecule has 3 aromatic rings. The van der Waals surface area contributed by atoms with Crippen LogP contribution in [-0.4, -0.2) is 11.8 Å². The fraction of sp³-hybridized carbons (Fsp3) is 0.200. The van der Waals surface area contributed by atoms with Crippen LogP contribution in [0.15, 0.2) is 41.1 Å². The normalized spacial score (nSPS) is 16.1. The Morgan fingerprint density at radius 3 is 2.85 bits per heavy atom. The van der Waals surface area contributed by atoms with Gasteiger partial charge in [0.2, 0.25) is 5.91 Å². The highest BCUT2D eigenvalue weighted by atomic mass is 32.1. The fourth-order valence-electron chi connectivity index (χ4n) is 3.39.